The molecule has 2 amide bonds. The minimum Gasteiger partial charge on any atom is -0.480 e. The lowest BCUT2D eigenvalue weighted by Crippen LogP contribution is -2.67. The maximum Gasteiger partial charge on any atom is 0.329 e. The number of nitrogens with zero attached hydrogens (tertiary/aromatic N) is 3. The van der Waals surface area contributed by atoms with Crippen LogP contribution in [0.3, 0.4) is 0 Å². The highest BCUT2D eigenvalue weighted by molar-refractivity contribution is 5.76. The number of fused-ring (bicyclic) bond motifs is 1. The van der Waals surface area contributed by atoms with Crippen molar-refractivity contribution in [1.29, 1.82) is 0 Å². The van der Waals surface area contributed by atoms with Crippen molar-refractivity contribution in [3.63, 3.8) is 0 Å². The fraction of sp³-hybridized carbons (Fsp3) is 0.857. The molecule has 3 rings (SSSR count). The minimum absolute atomic E-state index is 0.0675. The summed E-state index contributed by atoms with van der Waals surface area (Å²) in [6, 6.07) is 0.594. The molecule has 1 N–H and O–H groups in total. The van der Waals surface area contributed by atoms with Gasteiger partial charge >= 0.3 is 12.0 Å². The van der Waals surface area contributed by atoms with Crippen molar-refractivity contribution in [1.82, 2.24) is 14.7 Å². The number of hydrogen-bond donors (Lipinski definition) is 1. The molecule has 3 fully saturated rings. The molecule has 3 saturated heterocycles. The van der Waals surface area contributed by atoms with Gasteiger partial charge in [-0.2, -0.15) is 0 Å². The Labute approximate surface area is 124 Å². The number of carboxylic acids is 1. The van der Waals surface area contributed by atoms with Crippen LogP contribution in [-0.4, -0.2) is 89.3 Å². The molecule has 7 nitrogen and oxygen atoms in total. The Morgan fingerprint density at radius 1 is 1.24 bits per heavy atom. The quantitative estimate of drug-likeness (QED) is 0.797. The van der Waals surface area contributed by atoms with Gasteiger partial charge in [-0.15, -0.1) is 0 Å². The zero-order chi connectivity index (χ0) is 15.0. The molecule has 0 saturated carbocycles. The first-order chi connectivity index (χ1) is 9.97. The fourth-order valence-corrected chi connectivity index (χ4v) is 3.59. The van der Waals surface area contributed by atoms with E-state index in [2.05, 4.69) is 4.90 Å². The molecule has 0 aliphatic carbocycles. The number of carbonyl (C=O) groups excluding carboxylic acids is 1. The van der Waals surface area contributed by atoms with E-state index in [0.717, 1.165) is 26.2 Å². The van der Waals surface area contributed by atoms with Gasteiger partial charge in [0.25, 0.3) is 0 Å². The number of carbonyl (C=O) groups is 2. The molecule has 0 aromatic rings. The van der Waals surface area contributed by atoms with Crippen LogP contribution in [0, 0.1) is 0 Å². The molecular weight excluding hydrogens is 274 g/mol. The molecule has 118 valence electrons. The van der Waals surface area contributed by atoms with Crippen LogP contribution >= 0.6 is 0 Å². The number of amides is 2. The Bertz CT molecular complexity index is 436. The van der Waals surface area contributed by atoms with Crippen LogP contribution < -0.4 is 0 Å². The van der Waals surface area contributed by atoms with Crippen LogP contribution in [0.25, 0.3) is 0 Å². The van der Waals surface area contributed by atoms with Crippen LogP contribution in [0.5, 0.6) is 0 Å². The average Bonchev–Trinajstić information content (AvgIpc) is 2.88. The SMILES string of the molecule is CC1(OCC(=O)O)CN(C(=O)N2CCN3CCCC3C2)C1. The van der Waals surface area contributed by atoms with E-state index in [0.29, 0.717) is 19.1 Å². The van der Waals surface area contributed by atoms with Crippen molar-refractivity contribution in [2.45, 2.75) is 31.4 Å². The Morgan fingerprint density at radius 2 is 2.00 bits per heavy atom. The summed E-state index contributed by atoms with van der Waals surface area (Å²) in [5.41, 5.74) is -0.511. The Kier molecular flexibility index (Phi) is 3.79. The van der Waals surface area contributed by atoms with E-state index in [9.17, 15) is 9.59 Å². The highest BCUT2D eigenvalue weighted by atomic mass is 16.5. The van der Waals surface area contributed by atoms with Gasteiger partial charge in [-0.25, -0.2) is 9.59 Å². The Hall–Kier alpha value is -1.34. The zero-order valence-electron chi connectivity index (χ0n) is 12.5. The van der Waals surface area contributed by atoms with Crippen molar-refractivity contribution in [2.24, 2.45) is 0 Å². The summed E-state index contributed by atoms with van der Waals surface area (Å²) < 4.78 is 5.34. The van der Waals surface area contributed by atoms with E-state index in [1.54, 1.807) is 4.90 Å². The van der Waals surface area contributed by atoms with E-state index in [-0.39, 0.29) is 12.6 Å². The first-order valence-electron chi connectivity index (χ1n) is 7.60. The molecule has 0 aromatic carbocycles. The second-order valence-corrected chi connectivity index (χ2v) is 6.55. The molecule has 21 heavy (non-hydrogen) atoms. The second-order valence-electron chi connectivity index (χ2n) is 6.55. The van der Waals surface area contributed by atoms with Crippen LogP contribution in [-0.2, 0) is 9.53 Å². The summed E-state index contributed by atoms with van der Waals surface area (Å²) in [4.78, 5) is 29.2. The number of hydrogen-bond acceptors (Lipinski definition) is 4. The number of carboxylic acid groups (broad SMARTS) is 1. The molecule has 3 aliphatic heterocycles. The van der Waals surface area contributed by atoms with Gasteiger partial charge in [0.05, 0.1) is 13.1 Å². The van der Waals surface area contributed by atoms with Gasteiger partial charge in [0.2, 0.25) is 0 Å². The summed E-state index contributed by atoms with van der Waals surface area (Å²) in [5, 5.41) is 8.64. The minimum atomic E-state index is -0.974. The molecule has 0 radical (unpaired) electrons. The Morgan fingerprint density at radius 3 is 2.71 bits per heavy atom. The summed E-state index contributed by atoms with van der Waals surface area (Å²) in [6.07, 6.45) is 2.42. The molecule has 3 aliphatic rings. The van der Waals surface area contributed by atoms with Crippen LogP contribution in [0.15, 0.2) is 0 Å². The lowest BCUT2D eigenvalue weighted by molar-refractivity contribution is -0.160. The van der Waals surface area contributed by atoms with Gasteiger partial charge in [-0.1, -0.05) is 0 Å². The van der Waals surface area contributed by atoms with E-state index in [4.69, 9.17) is 9.84 Å². The maximum absolute atomic E-state index is 12.5. The maximum atomic E-state index is 12.5. The summed E-state index contributed by atoms with van der Waals surface area (Å²) >= 11 is 0. The lowest BCUT2D eigenvalue weighted by Gasteiger charge is -2.49. The molecule has 3 heterocycles. The predicted octanol–water partition coefficient (Wildman–Crippen LogP) is 0.0619. The van der Waals surface area contributed by atoms with Gasteiger partial charge in [-0.05, 0) is 26.3 Å². The summed E-state index contributed by atoms with van der Waals surface area (Å²) in [6.45, 7) is 6.25. The van der Waals surface area contributed by atoms with Crippen molar-refractivity contribution in [3.8, 4) is 0 Å². The van der Waals surface area contributed by atoms with Gasteiger partial charge in [-0.3, -0.25) is 4.90 Å². The lowest BCUT2D eigenvalue weighted by atomic mass is 9.97. The van der Waals surface area contributed by atoms with E-state index in [1.165, 1.54) is 12.8 Å². The number of rotatable bonds is 3. The predicted molar refractivity (Wildman–Crippen MR) is 75.1 cm³/mol. The highest BCUT2D eigenvalue weighted by Crippen LogP contribution is 2.28. The molecule has 0 spiro atoms. The van der Waals surface area contributed by atoms with Crippen LogP contribution in [0.1, 0.15) is 19.8 Å². The van der Waals surface area contributed by atoms with Crippen LogP contribution in [0.2, 0.25) is 0 Å². The summed E-state index contributed by atoms with van der Waals surface area (Å²) in [7, 11) is 0. The fourth-order valence-electron chi connectivity index (χ4n) is 3.59. The van der Waals surface area contributed by atoms with Crippen molar-refractivity contribution in [2.75, 3.05) is 45.9 Å². The smallest absolute Gasteiger partial charge is 0.329 e. The third-order valence-electron chi connectivity index (χ3n) is 4.72. The Balaban J connectivity index is 1.48. The number of urea groups is 1. The monoisotopic (exact) mass is 297 g/mol. The third-order valence-corrected chi connectivity index (χ3v) is 4.72. The van der Waals surface area contributed by atoms with Crippen molar-refractivity contribution in [3.05, 3.63) is 0 Å². The largest absolute Gasteiger partial charge is 0.480 e. The topological polar surface area (TPSA) is 73.3 Å². The summed E-state index contributed by atoms with van der Waals surface area (Å²) in [5.74, 6) is -0.974. The number of ether oxygens (including phenoxy) is 1. The number of aliphatic carboxylic acids is 1. The number of piperazine rings is 1. The molecule has 0 bridgehead atoms. The van der Waals surface area contributed by atoms with E-state index >= 15 is 0 Å². The highest BCUT2D eigenvalue weighted by Gasteiger charge is 2.45. The molecular formula is C14H23N3O4. The van der Waals surface area contributed by atoms with E-state index < -0.39 is 11.6 Å². The average molecular weight is 297 g/mol. The second kappa shape index (κ2) is 5.46. The standard InChI is InChI=1S/C14H23N3O4/c1-14(21-8-12(18)19)9-17(10-14)13(20)16-6-5-15-4-2-3-11(15)7-16/h11H,2-10H2,1H3,(H,18,19). The van der Waals surface area contributed by atoms with Gasteiger partial charge < -0.3 is 19.6 Å². The molecule has 7 heteroatoms. The zero-order valence-corrected chi connectivity index (χ0v) is 12.5. The third kappa shape index (κ3) is 2.98. The molecule has 1 atom stereocenters. The number of likely N-dealkylation sites (tertiary alicyclic amines) is 1. The van der Waals surface area contributed by atoms with Gasteiger partial charge in [0.15, 0.2) is 0 Å². The van der Waals surface area contributed by atoms with Crippen molar-refractivity contribution >= 4 is 12.0 Å². The van der Waals surface area contributed by atoms with Gasteiger partial charge in [0, 0.05) is 25.7 Å². The first kappa shape index (κ1) is 14.6. The van der Waals surface area contributed by atoms with Crippen molar-refractivity contribution < 1.29 is 19.4 Å². The van der Waals surface area contributed by atoms with Gasteiger partial charge in [0.1, 0.15) is 12.2 Å². The van der Waals surface area contributed by atoms with E-state index in [1.807, 2.05) is 11.8 Å². The molecule has 1 unspecified atom stereocenters. The molecule has 0 aromatic heterocycles. The first-order valence-corrected chi connectivity index (χ1v) is 7.60. The van der Waals surface area contributed by atoms with Crippen LogP contribution in [0.4, 0.5) is 4.79 Å². The normalized spacial score (nSPS) is 28.1.